The third-order valence-electron chi connectivity index (χ3n) is 3.44. The Bertz CT molecular complexity index is 670. The molecule has 114 valence electrons. The Hall–Kier alpha value is -2.40. The molecule has 1 atom stereocenters. The summed E-state index contributed by atoms with van der Waals surface area (Å²) in [4.78, 5) is 15.4. The third kappa shape index (κ3) is 3.62. The van der Waals surface area contributed by atoms with Crippen LogP contribution < -0.4 is 10.7 Å². The topological polar surface area (TPSA) is 66.4 Å². The van der Waals surface area contributed by atoms with Crippen LogP contribution in [0.15, 0.2) is 53.9 Å². The molecule has 1 unspecified atom stereocenters. The second kappa shape index (κ2) is 7.04. The van der Waals surface area contributed by atoms with Gasteiger partial charge in [0.25, 0.3) is 0 Å². The van der Waals surface area contributed by atoms with E-state index in [-0.39, 0.29) is 24.2 Å². The van der Waals surface area contributed by atoms with Crippen LogP contribution in [-0.4, -0.2) is 16.6 Å². The zero-order valence-electron chi connectivity index (χ0n) is 12.1. The van der Waals surface area contributed by atoms with Crippen molar-refractivity contribution in [3.63, 3.8) is 0 Å². The molecule has 1 amide bonds. The van der Waals surface area contributed by atoms with Gasteiger partial charge in [-0.1, -0.05) is 19.1 Å². The lowest BCUT2D eigenvalue weighted by Gasteiger charge is -2.18. The minimum Gasteiger partial charge on any atom is -0.355 e. The van der Waals surface area contributed by atoms with Crippen molar-refractivity contribution < 1.29 is 4.79 Å². The predicted octanol–water partition coefficient (Wildman–Crippen LogP) is 3.11. The second-order valence-corrected chi connectivity index (χ2v) is 5.08. The van der Waals surface area contributed by atoms with Crippen molar-refractivity contribution >= 4 is 35.4 Å². The highest BCUT2D eigenvalue weighted by molar-refractivity contribution is 6.04. The number of benzene rings is 1. The molecule has 6 heteroatoms. The number of anilines is 2. The summed E-state index contributed by atoms with van der Waals surface area (Å²) < 4.78 is 0. The van der Waals surface area contributed by atoms with Gasteiger partial charge in [0.05, 0.1) is 5.71 Å². The Morgan fingerprint density at radius 2 is 1.73 bits per heavy atom. The largest absolute Gasteiger partial charge is 0.355 e. The summed E-state index contributed by atoms with van der Waals surface area (Å²) in [5, 5.41) is 7.43. The Balaban J connectivity index is 0.00000176. The van der Waals surface area contributed by atoms with Crippen molar-refractivity contribution in [3.8, 4) is 0 Å². The van der Waals surface area contributed by atoms with E-state index in [0.29, 0.717) is 6.42 Å². The zero-order chi connectivity index (χ0) is 14.7. The van der Waals surface area contributed by atoms with Gasteiger partial charge in [0, 0.05) is 36.1 Å². The highest BCUT2D eigenvalue weighted by Crippen LogP contribution is 2.19. The first-order chi connectivity index (χ1) is 10.2. The molecule has 5 nitrogen and oxygen atoms in total. The molecular formula is C16H17ClN4O. The summed E-state index contributed by atoms with van der Waals surface area (Å²) in [6.07, 6.45) is 4.16. The first kappa shape index (κ1) is 16.0. The lowest BCUT2D eigenvalue weighted by Crippen LogP contribution is -2.33. The summed E-state index contributed by atoms with van der Waals surface area (Å²) in [5.41, 5.74) is 6.50. The van der Waals surface area contributed by atoms with E-state index >= 15 is 0 Å². The minimum atomic E-state index is -0.0351. The number of hydrogen-bond acceptors (Lipinski definition) is 4. The number of hydrogen-bond donors (Lipinski definition) is 2. The van der Waals surface area contributed by atoms with Crippen LogP contribution in [-0.2, 0) is 4.79 Å². The van der Waals surface area contributed by atoms with Gasteiger partial charge >= 0.3 is 0 Å². The number of carbonyl (C=O) groups is 1. The van der Waals surface area contributed by atoms with Crippen LogP contribution in [0.5, 0.6) is 0 Å². The van der Waals surface area contributed by atoms with Crippen molar-refractivity contribution in [3.05, 3.63) is 54.4 Å². The van der Waals surface area contributed by atoms with Gasteiger partial charge in [-0.05, 0) is 29.8 Å². The van der Waals surface area contributed by atoms with E-state index in [2.05, 4.69) is 20.8 Å². The van der Waals surface area contributed by atoms with Gasteiger partial charge in [-0.15, -0.1) is 12.4 Å². The van der Waals surface area contributed by atoms with Crippen LogP contribution >= 0.6 is 12.4 Å². The molecule has 1 aliphatic rings. The molecule has 0 fully saturated rings. The maximum Gasteiger partial charge on any atom is 0.243 e. The molecule has 2 N–H and O–H groups in total. The molecular weight excluding hydrogens is 300 g/mol. The number of nitrogens with zero attached hydrogens (tertiary/aromatic N) is 2. The van der Waals surface area contributed by atoms with Gasteiger partial charge < -0.3 is 5.32 Å². The predicted molar refractivity (Wildman–Crippen MR) is 89.7 cm³/mol. The summed E-state index contributed by atoms with van der Waals surface area (Å²) in [6, 6.07) is 11.8. The molecule has 0 spiro atoms. The number of nitrogens with one attached hydrogen (secondary N) is 2. The lowest BCUT2D eigenvalue weighted by molar-refractivity contribution is -0.124. The molecule has 2 heterocycles. The van der Waals surface area contributed by atoms with Crippen molar-refractivity contribution in [1.82, 2.24) is 10.4 Å². The van der Waals surface area contributed by atoms with Crippen LogP contribution in [0, 0.1) is 5.92 Å². The van der Waals surface area contributed by atoms with Crippen LogP contribution in [0.2, 0.25) is 0 Å². The Labute approximate surface area is 135 Å². The molecule has 0 radical (unpaired) electrons. The first-order valence-electron chi connectivity index (χ1n) is 6.86. The SMILES string of the molecule is CC1CC(c2ccc(Nc3ccncc3)cc2)=NNC1=O.Cl. The van der Waals surface area contributed by atoms with E-state index in [9.17, 15) is 4.79 Å². The molecule has 1 aliphatic heterocycles. The molecule has 0 bridgehead atoms. The highest BCUT2D eigenvalue weighted by Gasteiger charge is 2.21. The van der Waals surface area contributed by atoms with E-state index in [1.807, 2.05) is 43.3 Å². The number of amides is 1. The van der Waals surface area contributed by atoms with Crippen LogP contribution in [0.4, 0.5) is 11.4 Å². The number of hydrazone groups is 1. The molecule has 0 saturated carbocycles. The molecule has 22 heavy (non-hydrogen) atoms. The van der Waals surface area contributed by atoms with Gasteiger partial charge in [0.15, 0.2) is 0 Å². The number of halogens is 1. The molecule has 3 rings (SSSR count). The van der Waals surface area contributed by atoms with Gasteiger partial charge in [-0.3, -0.25) is 9.78 Å². The first-order valence-corrected chi connectivity index (χ1v) is 6.86. The van der Waals surface area contributed by atoms with Crippen molar-refractivity contribution in [2.24, 2.45) is 11.0 Å². The van der Waals surface area contributed by atoms with Crippen LogP contribution in [0.25, 0.3) is 0 Å². The highest BCUT2D eigenvalue weighted by atomic mass is 35.5. The smallest absolute Gasteiger partial charge is 0.243 e. The molecule has 1 aromatic heterocycles. The number of pyridine rings is 1. The molecule has 1 aromatic carbocycles. The van der Waals surface area contributed by atoms with Gasteiger partial charge in [-0.25, -0.2) is 5.43 Å². The van der Waals surface area contributed by atoms with Crippen LogP contribution in [0.1, 0.15) is 18.9 Å². The van der Waals surface area contributed by atoms with Crippen molar-refractivity contribution in [2.45, 2.75) is 13.3 Å². The van der Waals surface area contributed by atoms with E-state index in [4.69, 9.17) is 0 Å². The Kier molecular flexibility index (Phi) is 5.12. The average Bonchev–Trinajstić information content (AvgIpc) is 2.52. The Morgan fingerprint density at radius 1 is 1.09 bits per heavy atom. The van der Waals surface area contributed by atoms with E-state index < -0.39 is 0 Å². The molecule has 2 aromatic rings. The van der Waals surface area contributed by atoms with E-state index in [0.717, 1.165) is 22.6 Å². The van der Waals surface area contributed by atoms with Gasteiger partial charge in [-0.2, -0.15) is 5.10 Å². The number of rotatable bonds is 3. The monoisotopic (exact) mass is 316 g/mol. The number of carbonyl (C=O) groups excluding carboxylic acids is 1. The van der Waals surface area contributed by atoms with Gasteiger partial charge in [0.1, 0.15) is 0 Å². The average molecular weight is 317 g/mol. The Morgan fingerprint density at radius 3 is 2.36 bits per heavy atom. The van der Waals surface area contributed by atoms with Crippen LogP contribution in [0.3, 0.4) is 0 Å². The summed E-state index contributed by atoms with van der Waals surface area (Å²) >= 11 is 0. The van der Waals surface area contributed by atoms with Crippen molar-refractivity contribution in [1.29, 1.82) is 0 Å². The minimum absolute atomic E-state index is 0. The summed E-state index contributed by atoms with van der Waals surface area (Å²) in [5.74, 6) is -0.0538. The summed E-state index contributed by atoms with van der Waals surface area (Å²) in [6.45, 7) is 1.91. The second-order valence-electron chi connectivity index (χ2n) is 5.08. The van der Waals surface area contributed by atoms with E-state index in [1.165, 1.54) is 0 Å². The fraction of sp³-hybridized carbons (Fsp3) is 0.188. The summed E-state index contributed by atoms with van der Waals surface area (Å²) in [7, 11) is 0. The maximum absolute atomic E-state index is 11.4. The number of aromatic nitrogens is 1. The van der Waals surface area contributed by atoms with Gasteiger partial charge in [0.2, 0.25) is 5.91 Å². The standard InChI is InChI=1S/C16H16N4O.ClH/c1-11-10-15(19-20-16(11)21)12-2-4-13(5-3-12)18-14-6-8-17-9-7-14;/h2-9,11H,10H2,1H3,(H,17,18)(H,20,21);1H. The van der Waals surface area contributed by atoms with Crippen molar-refractivity contribution in [2.75, 3.05) is 5.32 Å². The van der Waals surface area contributed by atoms with E-state index in [1.54, 1.807) is 12.4 Å². The fourth-order valence-corrected chi connectivity index (χ4v) is 2.19. The third-order valence-corrected chi connectivity index (χ3v) is 3.44. The normalized spacial score (nSPS) is 17.0. The molecule has 0 aliphatic carbocycles. The molecule has 0 saturated heterocycles. The zero-order valence-corrected chi connectivity index (χ0v) is 12.9. The lowest BCUT2D eigenvalue weighted by atomic mass is 9.97. The quantitative estimate of drug-likeness (QED) is 0.914. The maximum atomic E-state index is 11.4. The fourth-order valence-electron chi connectivity index (χ4n) is 2.19.